The van der Waals surface area contributed by atoms with Crippen LogP contribution in [0.1, 0.15) is 18.4 Å². The van der Waals surface area contributed by atoms with Crippen LogP contribution in [-0.4, -0.2) is 32.8 Å². The molecule has 1 heterocycles. The molecule has 134 valence electrons. The minimum atomic E-state index is -0.683. The Labute approximate surface area is 147 Å². The van der Waals surface area contributed by atoms with Gasteiger partial charge >= 0.3 is 12.1 Å². The average Bonchev–Trinajstić information content (AvgIpc) is 2.66. The molecule has 2 rings (SSSR count). The van der Waals surface area contributed by atoms with Crippen molar-refractivity contribution in [3.05, 3.63) is 47.2 Å². The van der Waals surface area contributed by atoms with Gasteiger partial charge in [0.1, 0.15) is 12.3 Å². The van der Waals surface area contributed by atoms with Crippen LogP contribution in [0, 0.1) is 0 Å². The van der Waals surface area contributed by atoms with Gasteiger partial charge in [0.15, 0.2) is 0 Å². The summed E-state index contributed by atoms with van der Waals surface area (Å²) in [5.41, 5.74) is 7.25. The summed E-state index contributed by atoms with van der Waals surface area (Å²) in [5.74, 6) is -0.579. The van der Waals surface area contributed by atoms with Crippen LogP contribution in [0.25, 0.3) is 0 Å². The summed E-state index contributed by atoms with van der Waals surface area (Å²) in [7, 11) is 1.28. The number of amides is 1. The fraction of sp³-hybridized carbons (Fsp3) is 0.412. The summed E-state index contributed by atoms with van der Waals surface area (Å²) in [4.78, 5) is 24.1. The molecule has 0 atom stereocenters. The lowest BCUT2D eigenvalue weighted by atomic mass is 9.55. The van der Waals surface area contributed by atoms with Gasteiger partial charge in [-0.3, -0.25) is 5.32 Å². The lowest BCUT2D eigenvalue weighted by molar-refractivity contribution is -0.136. The quantitative estimate of drug-likeness (QED) is 0.354. The number of rotatable bonds is 6. The summed E-state index contributed by atoms with van der Waals surface area (Å²) in [6.07, 6.45) is 2.07. The van der Waals surface area contributed by atoms with E-state index in [4.69, 9.17) is 19.9 Å². The zero-order valence-corrected chi connectivity index (χ0v) is 14.3. The number of hydrogen-bond donors (Lipinski definition) is 2. The van der Waals surface area contributed by atoms with E-state index in [0.29, 0.717) is 12.8 Å². The van der Waals surface area contributed by atoms with Crippen molar-refractivity contribution in [1.29, 1.82) is 0 Å². The summed E-state index contributed by atoms with van der Waals surface area (Å²) >= 11 is 0. The highest BCUT2D eigenvalue weighted by Crippen LogP contribution is 2.27. The third-order valence-electron chi connectivity index (χ3n) is 4.05. The minimum Gasteiger partial charge on any atom is -0.464 e. The van der Waals surface area contributed by atoms with Crippen LogP contribution >= 0.6 is 0 Å². The maximum atomic E-state index is 12.0. The number of nitrogens with two attached hydrogens (primary N) is 1. The van der Waals surface area contributed by atoms with Gasteiger partial charge in [-0.15, -0.1) is 0 Å². The maximum absolute atomic E-state index is 12.0. The van der Waals surface area contributed by atoms with Gasteiger partial charge in [-0.05, 0) is 36.6 Å². The van der Waals surface area contributed by atoms with Gasteiger partial charge in [-0.1, -0.05) is 30.3 Å². The van der Waals surface area contributed by atoms with Crippen molar-refractivity contribution in [2.24, 2.45) is 5.73 Å². The Kier molecular flexibility index (Phi) is 7.50. The third kappa shape index (κ3) is 5.92. The highest BCUT2D eigenvalue weighted by atomic mass is 16.6. The normalized spacial score (nSPS) is 14.0. The lowest BCUT2D eigenvalue weighted by Gasteiger charge is -2.22. The van der Waals surface area contributed by atoms with Gasteiger partial charge in [-0.2, -0.15) is 0 Å². The molecule has 0 aliphatic carbocycles. The monoisotopic (exact) mass is 346 g/mol. The summed E-state index contributed by atoms with van der Waals surface area (Å²) < 4.78 is 15.3. The Hall–Kier alpha value is -2.32. The topological polar surface area (TPSA) is 99.9 Å². The molecule has 0 saturated carbocycles. The van der Waals surface area contributed by atoms with Crippen molar-refractivity contribution in [2.75, 3.05) is 13.8 Å². The van der Waals surface area contributed by atoms with Gasteiger partial charge in [-0.25, -0.2) is 9.59 Å². The standard InChI is InChI=1S/C17H23BN2O5/c1-23-16(21)15(14-7-9-18(10-8-14)25-12-19)20-17(22)24-11-13-5-3-2-4-6-13/h2-6H,7-12,19H2,1H3,(H,20,22). The Bertz CT molecular complexity index is 611. The number of allylic oxidation sites excluding steroid dienone is 1. The average molecular weight is 346 g/mol. The molecule has 0 aromatic heterocycles. The van der Waals surface area contributed by atoms with Crippen LogP contribution in [0.2, 0.25) is 12.6 Å². The SMILES string of the molecule is COC(=O)C(NC(=O)OCc1ccccc1)=C1CCB(OCN)CC1. The molecule has 0 radical (unpaired) electrons. The van der Waals surface area contributed by atoms with Crippen LogP contribution in [0.4, 0.5) is 4.79 Å². The molecule has 0 unspecified atom stereocenters. The number of carbonyl (C=O) groups is 2. The third-order valence-corrected chi connectivity index (χ3v) is 4.05. The molecule has 1 aromatic carbocycles. The lowest BCUT2D eigenvalue weighted by Crippen LogP contribution is -2.32. The molecule has 1 amide bonds. The summed E-state index contributed by atoms with van der Waals surface area (Å²) in [5, 5.41) is 2.53. The number of methoxy groups -OCH3 is 1. The van der Waals surface area contributed by atoms with E-state index in [0.717, 1.165) is 23.8 Å². The van der Waals surface area contributed by atoms with Crippen LogP contribution in [0.5, 0.6) is 0 Å². The molecular formula is C17H23BN2O5. The minimum absolute atomic E-state index is 0.0812. The first-order chi connectivity index (χ1) is 12.1. The van der Waals surface area contributed by atoms with E-state index in [1.54, 1.807) is 0 Å². The van der Waals surface area contributed by atoms with Crippen molar-refractivity contribution >= 4 is 19.0 Å². The van der Waals surface area contributed by atoms with Gasteiger partial charge < -0.3 is 19.9 Å². The maximum Gasteiger partial charge on any atom is 0.412 e. The number of hydrogen-bond acceptors (Lipinski definition) is 6. The zero-order chi connectivity index (χ0) is 18.1. The predicted octanol–water partition coefficient (Wildman–Crippen LogP) is 2.06. The van der Waals surface area contributed by atoms with E-state index in [2.05, 4.69) is 5.32 Å². The fourth-order valence-corrected chi connectivity index (χ4v) is 2.74. The second-order valence-corrected chi connectivity index (χ2v) is 5.69. The van der Waals surface area contributed by atoms with E-state index in [9.17, 15) is 9.59 Å². The van der Waals surface area contributed by atoms with Gasteiger partial charge in [0, 0.05) is 0 Å². The van der Waals surface area contributed by atoms with E-state index >= 15 is 0 Å². The number of carbonyl (C=O) groups excluding carboxylic acids is 2. The molecule has 1 aliphatic rings. The second kappa shape index (κ2) is 9.85. The molecule has 1 fully saturated rings. The molecule has 7 nitrogen and oxygen atoms in total. The largest absolute Gasteiger partial charge is 0.464 e. The predicted molar refractivity (Wildman–Crippen MR) is 93.5 cm³/mol. The van der Waals surface area contributed by atoms with Crippen LogP contribution in [0.3, 0.4) is 0 Å². The molecule has 3 N–H and O–H groups in total. The van der Waals surface area contributed by atoms with E-state index < -0.39 is 12.1 Å². The zero-order valence-electron chi connectivity index (χ0n) is 14.3. The Morgan fingerprint density at radius 1 is 1.20 bits per heavy atom. The van der Waals surface area contributed by atoms with Crippen LogP contribution in [0.15, 0.2) is 41.6 Å². The first-order valence-corrected chi connectivity index (χ1v) is 8.23. The van der Waals surface area contributed by atoms with Crippen molar-refractivity contribution in [3.63, 3.8) is 0 Å². The van der Waals surface area contributed by atoms with Crippen LogP contribution in [-0.2, 0) is 25.5 Å². The highest BCUT2D eigenvalue weighted by molar-refractivity contribution is 6.52. The molecular weight excluding hydrogens is 323 g/mol. The summed E-state index contributed by atoms with van der Waals surface area (Å²) in [6.45, 7) is 0.387. The Balaban J connectivity index is 1.97. The Morgan fingerprint density at radius 3 is 2.48 bits per heavy atom. The Morgan fingerprint density at radius 2 is 1.88 bits per heavy atom. The van der Waals surface area contributed by atoms with Crippen LogP contribution < -0.4 is 11.1 Å². The van der Waals surface area contributed by atoms with Gasteiger partial charge in [0.05, 0.1) is 13.8 Å². The molecule has 1 aliphatic heterocycles. The number of ether oxygens (including phenoxy) is 2. The fourth-order valence-electron chi connectivity index (χ4n) is 2.74. The van der Waals surface area contributed by atoms with Crippen molar-refractivity contribution < 1.29 is 23.7 Å². The van der Waals surface area contributed by atoms with Gasteiger partial charge in [0.25, 0.3) is 6.92 Å². The van der Waals surface area contributed by atoms with E-state index in [-0.39, 0.29) is 26.0 Å². The number of alkyl carbamates (subject to hydrolysis) is 1. The molecule has 8 heteroatoms. The van der Waals surface area contributed by atoms with Crippen molar-refractivity contribution in [1.82, 2.24) is 5.32 Å². The smallest absolute Gasteiger partial charge is 0.412 e. The second-order valence-electron chi connectivity index (χ2n) is 5.69. The number of esters is 1. The van der Waals surface area contributed by atoms with Gasteiger partial charge in [0.2, 0.25) is 0 Å². The highest BCUT2D eigenvalue weighted by Gasteiger charge is 2.27. The number of benzene rings is 1. The first-order valence-electron chi connectivity index (χ1n) is 8.23. The first kappa shape index (κ1) is 19.0. The van der Waals surface area contributed by atoms with E-state index in [1.165, 1.54) is 7.11 Å². The van der Waals surface area contributed by atoms with Crippen molar-refractivity contribution in [3.8, 4) is 0 Å². The molecule has 0 spiro atoms. The van der Waals surface area contributed by atoms with Crippen molar-refractivity contribution in [2.45, 2.75) is 32.1 Å². The molecule has 1 aromatic rings. The number of nitrogens with one attached hydrogen (secondary N) is 1. The molecule has 0 bridgehead atoms. The molecule has 1 saturated heterocycles. The van der Waals surface area contributed by atoms with E-state index in [1.807, 2.05) is 30.3 Å². The summed E-state index contributed by atoms with van der Waals surface area (Å²) in [6, 6.07) is 9.31. The molecule has 25 heavy (non-hydrogen) atoms.